The maximum absolute atomic E-state index is 12.6. The SMILES string of the molecule is COc1cccc(N2CC(C(=O)Nc3ccc(I)cc3C)CC2=O)c1. The standard InChI is InChI=1S/C19H19IN2O3/c1-12-8-14(20)6-7-17(12)21-19(24)13-9-18(23)22(11-13)15-4-3-5-16(10-15)25-2/h3-8,10,13H,9,11H2,1-2H3,(H,21,24). The summed E-state index contributed by atoms with van der Waals surface area (Å²) in [4.78, 5) is 26.6. The molecule has 5 nitrogen and oxygen atoms in total. The highest BCUT2D eigenvalue weighted by Crippen LogP contribution is 2.29. The molecule has 0 saturated carbocycles. The van der Waals surface area contributed by atoms with Crippen LogP contribution >= 0.6 is 22.6 Å². The van der Waals surface area contributed by atoms with Crippen molar-refractivity contribution in [1.82, 2.24) is 0 Å². The van der Waals surface area contributed by atoms with E-state index in [0.717, 1.165) is 20.5 Å². The number of hydrogen-bond donors (Lipinski definition) is 1. The molecule has 0 radical (unpaired) electrons. The number of rotatable bonds is 4. The molecule has 2 aromatic rings. The van der Waals surface area contributed by atoms with Crippen LogP contribution in [0.4, 0.5) is 11.4 Å². The number of aryl methyl sites for hydroxylation is 1. The van der Waals surface area contributed by atoms with Crippen molar-refractivity contribution in [2.24, 2.45) is 5.92 Å². The van der Waals surface area contributed by atoms with Gasteiger partial charge in [0.05, 0.1) is 13.0 Å². The lowest BCUT2D eigenvalue weighted by molar-refractivity contribution is -0.122. The lowest BCUT2D eigenvalue weighted by atomic mass is 10.1. The van der Waals surface area contributed by atoms with Crippen molar-refractivity contribution >= 4 is 45.8 Å². The zero-order valence-corrected chi connectivity index (χ0v) is 16.2. The van der Waals surface area contributed by atoms with Gasteiger partial charge in [-0.15, -0.1) is 0 Å². The van der Waals surface area contributed by atoms with Crippen LogP contribution in [-0.4, -0.2) is 25.5 Å². The van der Waals surface area contributed by atoms with Crippen LogP contribution in [-0.2, 0) is 9.59 Å². The third-order valence-corrected chi connectivity index (χ3v) is 4.98. The maximum atomic E-state index is 12.6. The number of halogens is 1. The molecular weight excluding hydrogens is 431 g/mol. The van der Waals surface area contributed by atoms with E-state index in [1.54, 1.807) is 12.0 Å². The molecule has 0 aromatic heterocycles. The topological polar surface area (TPSA) is 58.6 Å². The van der Waals surface area contributed by atoms with E-state index in [4.69, 9.17) is 4.74 Å². The molecule has 0 bridgehead atoms. The van der Waals surface area contributed by atoms with Crippen molar-refractivity contribution in [3.05, 3.63) is 51.6 Å². The summed E-state index contributed by atoms with van der Waals surface area (Å²) in [6.07, 6.45) is 0.215. The van der Waals surface area contributed by atoms with Crippen LogP contribution in [0.3, 0.4) is 0 Å². The number of nitrogens with zero attached hydrogens (tertiary/aromatic N) is 1. The largest absolute Gasteiger partial charge is 0.497 e. The first-order valence-electron chi connectivity index (χ1n) is 7.99. The molecule has 0 aliphatic carbocycles. The third kappa shape index (κ3) is 3.95. The highest BCUT2D eigenvalue weighted by Gasteiger charge is 2.35. The number of nitrogens with one attached hydrogen (secondary N) is 1. The minimum absolute atomic E-state index is 0.0484. The fourth-order valence-corrected chi connectivity index (χ4v) is 3.56. The monoisotopic (exact) mass is 450 g/mol. The molecule has 3 rings (SSSR count). The summed E-state index contributed by atoms with van der Waals surface area (Å²) in [5, 5.41) is 2.95. The molecule has 1 fully saturated rings. The molecular formula is C19H19IN2O3. The number of carbonyl (C=O) groups is 2. The first-order valence-corrected chi connectivity index (χ1v) is 9.07. The second-order valence-corrected chi connectivity index (χ2v) is 7.30. The summed E-state index contributed by atoms with van der Waals surface area (Å²) in [5.41, 5.74) is 2.55. The fourth-order valence-electron chi connectivity index (χ4n) is 2.91. The minimum Gasteiger partial charge on any atom is -0.497 e. The molecule has 1 aliphatic heterocycles. The smallest absolute Gasteiger partial charge is 0.229 e. The van der Waals surface area contributed by atoms with Gasteiger partial charge in [0.2, 0.25) is 11.8 Å². The Morgan fingerprint density at radius 1 is 1.28 bits per heavy atom. The molecule has 25 heavy (non-hydrogen) atoms. The average Bonchev–Trinajstić information content (AvgIpc) is 2.99. The van der Waals surface area contributed by atoms with Gasteiger partial charge >= 0.3 is 0 Å². The number of methoxy groups -OCH3 is 1. The van der Waals surface area contributed by atoms with Crippen molar-refractivity contribution < 1.29 is 14.3 Å². The molecule has 1 saturated heterocycles. The quantitative estimate of drug-likeness (QED) is 0.725. The third-order valence-electron chi connectivity index (χ3n) is 4.31. The first kappa shape index (κ1) is 17.7. The number of carbonyl (C=O) groups excluding carboxylic acids is 2. The number of hydrogen-bond acceptors (Lipinski definition) is 3. The Balaban J connectivity index is 1.72. The Morgan fingerprint density at radius 2 is 2.08 bits per heavy atom. The van der Waals surface area contributed by atoms with Crippen molar-refractivity contribution in [1.29, 1.82) is 0 Å². The summed E-state index contributed by atoms with van der Waals surface area (Å²) in [6.45, 7) is 2.33. The summed E-state index contributed by atoms with van der Waals surface area (Å²) in [5.74, 6) is 0.154. The molecule has 2 amide bonds. The Hall–Kier alpha value is -2.09. The van der Waals surface area contributed by atoms with Gasteiger partial charge in [-0.2, -0.15) is 0 Å². The van der Waals surface area contributed by atoms with Crippen LogP contribution < -0.4 is 15.0 Å². The second-order valence-electron chi connectivity index (χ2n) is 6.06. The zero-order valence-electron chi connectivity index (χ0n) is 14.1. The first-order chi connectivity index (χ1) is 12.0. The van der Waals surface area contributed by atoms with Crippen LogP contribution in [0.1, 0.15) is 12.0 Å². The average molecular weight is 450 g/mol. The highest BCUT2D eigenvalue weighted by molar-refractivity contribution is 14.1. The van der Waals surface area contributed by atoms with Gasteiger partial charge in [0, 0.05) is 34.0 Å². The van der Waals surface area contributed by atoms with E-state index in [1.807, 2.05) is 49.4 Å². The lowest BCUT2D eigenvalue weighted by Crippen LogP contribution is -2.28. The van der Waals surface area contributed by atoms with Crippen molar-refractivity contribution in [3.8, 4) is 5.75 Å². The number of amides is 2. The van der Waals surface area contributed by atoms with Crippen LogP contribution in [0.2, 0.25) is 0 Å². The van der Waals surface area contributed by atoms with Gasteiger partial charge in [0.15, 0.2) is 0 Å². The van der Waals surface area contributed by atoms with E-state index in [2.05, 4.69) is 27.9 Å². The molecule has 1 aliphatic rings. The summed E-state index contributed by atoms with van der Waals surface area (Å²) >= 11 is 2.24. The number of benzene rings is 2. The Morgan fingerprint density at radius 3 is 2.80 bits per heavy atom. The van der Waals surface area contributed by atoms with E-state index in [1.165, 1.54) is 0 Å². The van der Waals surface area contributed by atoms with Crippen LogP contribution in [0, 0.1) is 16.4 Å². The van der Waals surface area contributed by atoms with Crippen molar-refractivity contribution in [2.75, 3.05) is 23.9 Å². The minimum atomic E-state index is -0.364. The predicted octanol–water partition coefficient (Wildman–Crippen LogP) is 3.60. The van der Waals surface area contributed by atoms with Crippen LogP contribution in [0.5, 0.6) is 5.75 Å². The summed E-state index contributed by atoms with van der Waals surface area (Å²) < 4.78 is 6.33. The van der Waals surface area contributed by atoms with Crippen LogP contribution in [0.15, 0.2) is 42.5 Å². The normalized spacial score (nSPS) is 16.8. The Labute approximate surface area is 160 Å². The van der Waals surface area contributed by atoms with Crippen LogP contribution in [0.25, 0.3) is 0 Å². The molecule has 1 unspecified atom stereocenters. The Bertz CT molecular complexity index is 822. The Kier molecular flexibility index (Phi) is 5.27. The van der Waals surface area contributed by atoms with Gasteiger partial charge in [-0.3, -0.25) is 9.59 Å². The maximum Gasteiger partial charge on any atom is 0.229 e. The molecule has 0 spiro atoms. The van der Waals surface area contributed by atoms with E-state index in [9.17, 15) is 9.59 Å². The van der Waals surface area contributed by atoms with Gasteiger partial charge in [-0.25, -0.2) is 0 Å². The summed E-state index contributed by atoms with van der Waals surface area (Å²) in [6, 6.07) is 13.2. The zero-order chi connectivity index (χ0) is 18.0. The molecule has 1 atom stereocenters. The van der Waals surface area contributed by atoms with E-state index in [-0.39, 0.29) is 24.2 Å². The second kappa shape index (κ2) is 7.43. The van der Waals surface area contributed by atoms with E-state index in [0.29, 0.717) is 12.3 Å². The van der Waals surface area contributed by atoms with Gasteiger partial charge in [0.25, 0.3) is 0 Å². The molecule has 1 heterocycles. The van der Waals surface area contributed by atoms with Crippen molar-refractivity contribution in [3.63, 3.8) is 0 Å². The molecule has 6 heteroatoms. The molecule has 2 aromatic carbocycles. The molecule has 1 N–H and O–H groups in total. The fraction of sp³-hybridized carbons (Fsp3) is 0.263. The number of anilines is 2. The molecule has 130 valence electrons. The number of ether oxygens (including phenoxy) is 1. The van der Waals surface area contributed by atoms with Gasteiger partial charge in [0.1, 0.15) is 5.75 Å². The van der Waals surface area contributed by atoms with Crippen molar-refractivity contribution in [2.45, 2.75) is 13.3 Å². The van der Waals surface area contributed by atoms with Gasteiger partial charge < -0.3 is 15.0 Å². The lowest BCUT2D eigenvalue weighted by Gasteiger charge is -2.17. The summed E-state index contributed by atoms with van der Waals surface area (Å²) in [7, 11) is 1.59. The predicted molar refractivity (Wildman–Crippen MR) is 106 cm³/mol. The van der Waals surface area contributed by atoms with Gasteiger partial charge in [-0.1, -0.05) is 6.07 Å². The van der Waals surface area contributed by atoms with E-state index < -0.39 is 0 Å². The van der Waals surface area contributed by atoms with E-state index >= 15 is 0 Å². The van der Waals surface area contributed by atoms with Gasteiger partial charge in [-0.05, 0) is 65.4 Å². The highest BCUT2D eigenvalue weighted by atomic mass is 127.